The molecule has 1 nitrogen and oxygen atoms in total. The van der Waals surface area contributed by atoms with Crippen LogP contribution in [0.3, 0.4) is 0 Å². The van der Waals surface area contributed by atoms with Crippen molar-refractivity contribution in [1.82, 2.24) is 4.98 Å². The molecule has 2 rings (SSSR count). The van der Waals surface area contributed by atoms with Gasteiger partial charge >= 0.3 is 0 Å². The molecule has 17 heavy (non-hydrogen) atoms. The van der Waals surface area contributed by atoms with Crippen LogP contribution in [0.25, 0.3) is 0 Å². The molecule has 1 saturated heterocycles. The number of nitrogens with zero attached hydrogens (tertiary/aromatic N) is 1. The van der Waals surface area contributed by atoms with E-state index in [1.165, 1.54) is 6.07 Å². The Morgan fingerprint density at radius 2 is 1.76 bits per heavy atom. The van der Waals surface area contributed by atoms with Gasteiger partial charge < -0.3 is 0 Å². The first-order valence-electron chi connectivity index (χ1n) is 6.04. The lowest BCUT2D eigenvalue weighted by Gasteiger charge is -2.35. The molecule has 1 fully saturated rings. The zero-order chi connectivity index (χ0) is 12.8. The van der Waals surface area contributed by atoms with E-state index in [0.717, 1.165) is 18.1 Å². The Morgan fingerprint density at radius 1 is 1.24 bits per heavy atom. The minimum absolute atomic E-state index is 0.0368. The summed E-state index contributed by atoms with van der Waals surface area (Å²) in [6.07, 6.45) is 3.86. The van der Waals surface area contributed by atoms with Crippen molar-refractivity contribution < 1.29 is 4.39 Å². The highest BCUT2D eigenvalue weighted by Crippen LogP contribution is 2.52. The summed E-state index contributed by atoms with van der Waals surface area (Å²) in [5.74, 6) is -0.410. The maximum atomic E-state index is 13.4. The summed E-state index contributed by atoms with van der Waals surface area (Å²) in [6.45, 7) is 9.53. The van der Waals surface area contributed by atoms with E-state index < -0.39 is 5.82 Å². The van der Waals surface area contributed by atoms with Gasteiger partial charge in [-0.2, -0.15) is 0 Å². The van der Waals surface area contributed by atoms with Crippen molar-refractivity contribution in [2.24, 2.45) is 10.8 Å². The third-order valence-electron chi connectivity index (χ3n) is 4.63. The quantitative estimate of drug-likeness (QED) is 0.550. The fraction of sp³-hybridized carbons (Fsp3) is 0.615. The number of hydrogen-bond donors (Lipinski definition) is 0. The molecule has 0 bridgehead atoms. The van der Waals surface area contributed by atoms with E-state index in [1.54, 1.807) is 6.20 Å². The third kappa shape index (κ3) is 2.22. The number of rotatable bonds is 1. The van der Waals surface area contributed by atoms with Gasteiger partial charge in [0.05, 0.1) is 0 Å². The zero-order valence-corrected chi connectivity index (χ0v) is 11.6. The van der Waals surface area contributed by atoms with Gasteiger partial charge in [0.25, 0.3) is 0 Å². The second-order valence-corrected chi connectivity index (χ2v) is 6.77. The van der Waals surface area contributed by atoms with Crippen LogP contribution < -0.4 is 5.46 Å². The molecule has 0 radical (unpaired) electrons. The molecule has 4 heteroatoms. The van der Waals surface area contributed by atoms with Gasteiger partial charge in [-0.3, -0.25) is 0 Å². The van der Waals surface area contributed by atoms with Gasteiger partial charge in [0.15, 0.2) is 17.7 Å². The number of hydrogen-bond acceptors (Lipinski definition) is 1. The Labute approximate surface area is 108 Å². The molecule has 0 spiro atoms. The van der Waals surface area contributed by atoms with Gasteiger partial charge in [-0.05, 0) is 16.9 Å². The lowest BCUT2D eigenvalue weighted by atomic mass is 9.42. The lowest BCUT2D eigenvalue weighted by molar-refractivity contribution is 0.177. The highest BCUT2D eigenvalue weighted by molar-refractivity contribution is 6.74. The number of halogens is 2. The monoisotopic (exact) mass is 253 g/mol. The Hall–Kier alpha value is -0.565. The minimum Gasteiger partial charge on any atom is -0.242 e. The SMILES string of the molecule is CC1(C)CB(c2cnc(Cl)c(F)c2)CC1(C)C. The maximum absolute atomic E-state index is 13.4. The predicted molar refractivity (Wildman–Crippen MR) is 71.8 cm³/mol. The highest BCUT2D eigenvalue weighted by Gasteiger charge is 2.48. The molecule has 0 N–H and O–H groups in total. The molecule has 1 aromatic rings. The van der Waals surface area contributed by atoms with Crippen LogP contribution in [-0.2, 0) is 0 Å². The maximum Gasteiger partial charge on any atom is 0.179 e. The highest BCUT2D eigenvalue weighted by atomic mass is 35.5. The predicted octanol–water partition coefficient (Wildman–Crippen LogP) is 3.64. The van der Waals surface area contributed by atoms with Crippen LogP contribution in [0.15, 0.2) is 12.3 Å². The van der Waals surface area contributed by atoms with Gasteiger partial charge in [0, 0.05) is 6.20 Å². The Balaban J connectivity index is 2.29. The van der Waals surface area contributed by atoms with Gasteiger partial charge in [-0.15, -0.1) is 0 Å². The molecule has 2 heterocycles. The second kappa shape index (κ2) is 3.98. The van der Waals surface area contributed by atoms with Crippen LogP contribution in [-0.4, -0.2) is 11.7 Å². The van der Waals surface area contributed by atoms with Crippen LogP contribution in [0.5, 0.6) is 0 Å². The molecule has 1 aliphatic heterocycles. The van der Waals surface area contributed by atoms with Gasteiger partial charge in [-0.1, -0.05) is 57.4 Å². The first kappa shape index (κ1) is 12.9. The summed E-state index contributed by atoms with van der Waals surface area (Å²) in [6, 6.07) is 1.54. The minimum atomic E-state index is -0.410. The molecular weight excluding hydrogens is 235 g/mol. The topological polar surface area (TPSA) is 12.9 Å². The molecule has 0 unspecified atom stereocenters. The molecule has 0 aliphatic carbocycles. The van der Waals surface area contributed by atoms with Crippen LogP contribution in [0, 0.1) is 16.6 Å². The lowest BCUT2D eigenvalue weighted by Crippen LogP contribution is -2.28. The van der Waals surface area contributed by atoms with E-state index in [-0.39, 0.29) is 16.0 Å². The average molecular weight is 254 g/mol. The number of aromatic nitrogens is 1. The smallest absolute Gasteiger partial charge is 0.179 e. The largest absolute Gasteiger partial charge is 0.242 e. The van der Waals surface area contributed by atoms with Crippen molar-refractivity contribution in [2.75, 3.05) is 0 Å². The summed E-state index contributed by atoms with van der Waals surface area (Å²) >= 11 is 5.61. The summed E-state index contributed by atoms with van der Waals surface area (Å²) in [7, 11) is 0. The van der Waals surface area contributed by atoms with E-state index in [1.807, 2.05) is 0 Å². The van der Waals surface area contributed by atoms with Gasteiger partial charge in [0.2, 0.25) is 0 Å². The fourth-order valence-electron chi connectivity index (χ4n) is 2.75. The molecule has 92 valence electrons. The Bertz CT molecular complexity index is 429. The van der Waals surface area contributed by atoms with E-state index in [0.29, 0.717) is 6.71 Å². The van der Waals surface area contributed by atoms with E-state index in [2.05, 4.69) is 32.7 Å². The summed E-state index contributed by atoms with van der Waals surface area (Å²) in [4.78, 5) is 3.91. The molecule has 0 saturated carbocycles. The van der Waals surface area contributed by atoms with E-state index >= 15 is 0 Å². The summed E-state index contributed by atoms with van der Waals surface area (Å²) in [5, 5.41) is -0.0368. The number of pyridine rings is 1. The van der Waals surface area contributed by atoms with Crippen molar-refractivity contribution >= 4 is 23.8 Å². The molecule has 1 aromatic heterocycles. The van der Waals surface area contributed by atoms with Crippen LogP contribution in [0.2, 0.25) is 17.8 Å². The Morgan fingerprint density at radius 3 is 2.24 bits per heavy atom. The zero-order valence-electron chi connectivity index (χ0n) is 10.8. The fourth-order valence-corrected chi connectivity index (χ4v) is 2.86. The van der Waals surface area contributed by atoms with Crippen molar-refractivity contribution in [3.8, 4) is 0 Å². The van der Waals surface area contributed by atoms with Crippen LogP contribution in [0.4, 0.5) is 4.39 Å². The van der Waals surface area contributed by atoms with Crippen molar-refractivity contribution in [3.05, 3.63) is 23.2 Å². The van der Waals surface area contributed by atoms with Crippen molar-refractivity contribution in [3.63, 3.8) is 0 Å². The Kier molecular flexibility index (Phi) is 3.01. The molecule has 0 atom stereocenters. The van der Waals surface area contributed by atoms with Gasteiger partial charge in [-0.25, -0.2) is 9.37 Å². The first-order chi connectivity index (χ1) is 7.73. The molecule has 0 amide bonds. The van der Waals surface area contributed by atoms with E-state index in [4.69, 9.17) is 11.6 Å². The van der Waals surface area contributed by atoms with Crippen LogP contribution in [0.1, 0.15) is 27.7 Å². The standard InChI is InChI=1S/C13H18BClFN/c1-12(2)7-14(8-13(12,3)4)9-5-10(16)11(15)17-6-9/h5-6H,7-8H2,1-4H3. The molecule has 0 aromatic carbocycles. The van der Waals surface area contributed by atoms with E-state index in [9.17, 15) is 4.39 Å². The van der Waals surface area contributed by atoms with Crippen molar-refractivity contribution in [1.29, 1.82) is 0 Å². The summed E-state index contributed by atoms with van der Waals surface area (Å²) in [5.41, 5.74) is 1.52. The average Bonchev–Trinajstić information content (AvgIpc) is 2.41. The summed E-state index contributed by atoms with van der Waals surface area (Å²) < 4.78 is 13.4. The third-order valence-corrected chi connectivity index (χ3v) is 4.91. The molecule has 1 aliphatic rings. The first-order valence-corrected chi connectivity index (χ1v) is 6.42. The van der Waals surface area contributed by atoms with Gasteiger partial charge in [0.1, 0.15) is 0 Å². The normalized spacial score (nSPS) is 21.9. The van der Waals surface area contributed by atoms with Crippen LogP contribution >= 0.6 is 11.6 Å². The van der Waals surface area contributed by atoms with Crippen molar-refractivity contribution in [2.45, 2.75) is 40.3 Å². The second-order valence-electron chi connectivity index (χ2n) is 6.41. The molecular formula is C13H18BClFN.